The smallest absolute Gasteiger partial charge is 0.314 e. The van der Waals surface area contributed by atoms with Crippen LogP contribution in [-0.4, -0.2) is 33.7 Å². The van der Waals surface area contributed by atoms with Crippen molar-refractivity contribution in [2.24, 2.45) is 5.10 Å². The van der Waals surface area contributed by atoms with Crippen LogP contribution in [0.1, 0.15) is 5.56 Å². The molecular formula is C15H10Cl2N4O7. The van der Waals surface area contributed by atoms with Gasteiger partial charge >= 0.3 is 5.69 Å². The van der Waals surface area contributed by atoms with E-state index in [1.807, 2.05) is 5.43 Å². The number of carbonyl (C=O) groups is 1. The summed E-state index contributed by atoms with van der Waals surface area (Å²) < 4.78 is 5.07. The highest BCUT2D eigenvalue weighted by Crippen LogP contribution is 2.37. The van der Waals surface area contributed by atoms with E-state index in [0.29, 0.717) is 0 Å². The normalized spacial score (nSPS) is 10.6. The quantitative estimate of drug-likeness (QED) is 0.389. The number of nitro benzene ring substituents is 2. The highest BCUT2D eigenvalue weighted by Gasteiger charge is 2.21. The van der Waals surface area contributed by atoms with Crippen molar-refractivity contribution in [1.29, 1.82) is 0 Å². The number of rotatable bonds is 7. The Bertz CT molecular complexity index is 981. The summed E-state index contributed by atoms with van der Waals surface area (Å²) in [7, 11) is 0. The predicted octanol–water partition coefficient (Wildman–Crippen LogP) is 3.04. The van der Waals surface area contributed by atoms with E-state index in [9.17, 15) is 30.1 Å². The first-order valence-corrected chi connectivity index (χ1v) is 8.00. The summed E-state index contributed by atoms with van der Waals surface area (Å²) in [6.45, 7) is -0.666. The van der Waals surface area contributed by atoms with Crippen LogP contribution >= 0.6 is 23.2 Å². The number of nitrogens with zero attached hydrogens (tertiary/aromatic N) is 3. The Kier molecular flexibility index (Phi) is 6.69. The first-order chi connectivity index (χ1) is 13.2. The zero-order chi connectivity index (χ0) is 20.8. The molecule has 2 N–H and O–H groups in total. The molecule has 0 saturated carbocycles. The minimum atomic E-state index is -0.804. The van der Waals surface area contributed by atoms with Crippen LogP contribution in [0, 0.1) is 20.2 Å². The van der Waals surface area contributed by atoms with Crippen LogP contribution in [0.4, 0.5) is 11.4 Å². The number of phenols is 1. The molecule has 0 fully saturated rings. The molecule has 0 saturated heterocycles. The largest absolute Gasteiger partial charge is 0.507 e. The lowest BCUT2D eigenvalue weighted by Gasteiger charge is -2.08. The van der Waals surface area contributed by atoms with Crippen molar-refractivity contribution in [3.8, 4) is 11.5 Å². The summed E-state index contributed by atoms with van der Waals surface area (Å²) in [5.74, 6) is -1.43. The molecule has 13 heteroatoms. The monoisotopic (exact) mass is 428 g/mol. The van der Waals surface area contributed by atoms with Crippen molar-refractivity contribution in [3.63, 3.8) is 0 Å². The minimum Gasteiger partial charge on any atom is -0.507 e. The molecule has 0 aliphatic rings. The van der Waals surface area contributed by atoms with E-state index in [2.05, 4.69) is 5.10 Å². The Labute approximate surface area is 166 Å². The molecule has 0 unspecified atom stereocenters. The number of ether oxygens (including phenoxy) is 1. The molecule has 0 spiro atoms. The van der Waals surface area contributed by atoms with Crippen LogP contribution in [0.25, 0.3) is 0 Å². The molecule has 0 radical (unpaired) electrons. The van der Waals surface area contributed by atoms with Gasteiger partial charge in [-0.05, 0) is 12.1 Å². The second kappa shape index (κ2) is 8.97. The van der Waals surface area contributed by atoms with Gasteiger partial charge in [-0.25, -0.2) is 5.43 Å². The average molecular weight is 429 g/mol. The van der Waals surface area contributed by atoms with Gasteiger partial charge in [0.05, 0.1) is 21.1 Å². The summed E-state index contributed by atoms with van der Waals surface area (Å²) in [6, 6.07) is 5.49. The number of hydrogen-bond donors (Lipinski definition) is 2. The van der Waals surface area contributed by atoms with Crippen molar-refractivity contribution in [2.45, 2.75) is 0 Å². The molecule has 0 atom stereocenters. The highest BCUT2D eigenvalue weighted by atomic mass is 35.5. The molecule has 11 nitrogen and oxygen atoms in total. The Hall–Kier alpha value is -3.44. The number of phenolic OH excluding ortho intramolecular Hbond substituents is 1. The third kappa shape index (κ3) is 5.28. The van der Waals surface area contributed by atoms with Gasteiger partial charge in [0.15, 0.2) is 6.61 Å². The SMILES string of the molecule is O=C(COc1c(Cl)cc(Cl)cc1[N+](=O)[O-])NN=Cc1cc([N+](=O)[O-])ccc1O. The van der Waals surface area contributed by atoms with Crippen molar-refractivity contribution < 1.29 is 24.5 Å². The number of hydrazone groups is 1. The third-order valence-electron chi connectivity index (χ3n) is 3.15. The summed E-state index contributed by atoms with van der Waals surface area (Å²) in [6.07, 6.45) is 0.984. The number of hydrogen-bond acceptors (Lipinski definition) is 8. The topological polar surface area (TPSA) is 157 Å². The summed E-state index contributed by atoms with van der Waals surface area (Å²) in [5.41, 5.74) is 1.24. The van der Waals surface area contributed by atoms with E-state index in [0.717, 1.165) is 30.5 Å². The molecule has 0 aromatic heterocycles. The molecule has 0 bridgehead atoms. The Morgan fingerprint density at radius 1 is 1.21 bits per heavy atom. The summed E-state index contributed by atoms with van der Waals surface area (Å²) in [5, 5.41) is 34.8. The second-order valence-electron chi connectivity index (χ2n) is 5.08. The van der Waals surface area contributed by atoms with Gasteiger partial charge in [-0.1, -0.05) is 23.2 Å². The van der Waals surface area contributed by atoms with Crippen LogP contribution in [0.3, 0.4) is 0 Å². The Morgan fingerprint density at radius 2 is 1.93 bits per heavy atom. The van der Waals surface area contributed by atoms with E-state index in [-0.39, 0.29) is 32.8 Å². The lowest BCUT2D eigenvalue weighted by molar-refractivity contribution is -0.385. The number of carbonyl (C=O) groups excluding carboxylic acids is 1. The maximum atomic E-state index is 11.8. The van der Waals surface area contributed by atoms with Crippen LogP contribution in [0.15, 0.2) is 35.4 Å². The van der Waals surface area contributed by atoms with Crippen LogP contribution in [0.2, 0.25) is 10.0 Å². The molecule has 146 valence electrons. The maximum Gasteiger partial charge on any atom is 0.314 e. The first kappa shape index (κ1) is 20.9. The number of amides is 1. The lowest BCUT2D eigenvalue weighted by atomic mass is 10.2. The van der Waals surface area contributed by atoms with Gasteiger partial charge in [0.1, 0.15) is 5.75 Å². The zero-order valence-corrected chi connectivity index (χ0v) is 15.2. The second-order valence-corrected chi connectivity index (χ2v) is 5.92. The molecule has 1 amide bonds. The van der Waals surface area contributed by atoms with Gasteiger partial charge < -0.3 is 9.84 Å². The van der Waals surface area contributed by atoms with Gasteiger partial charge in [0.2, 0.25) is 5.75 Å². The number of nitro groups is 2. The number of benzene rings is 2. The Morgan fingerprint density at radius 3 is 2.57 bits per heavy atom. The van der Waals surface area contributed by atoms with E-state index >= 15 is 0 Å². The number of halogens is 2. The van der Waals surface area contributed by atoms with Crippen LogP contribution < -0.4 is 10.2 Å². The standard InChI is InChI=1S/C15H10Cl2N4O7/c16-9-4-11(17)15(12(5-9)21(26)27)28-7-14(23)19-18-6-8-3-10(20(24)25)1-2-13(8)22/h1-6,22H,7H2,(H,19,23). The molecule has 28 heavy (non-hydrogen) atoms. The molecular weight excluding hydrogens is 419 g/mol. The van der Waals surface area contributed by atoms with Crippen molar-refractivity contribution in [2.75, 3.05) is 6.61 Å². The minimum absolute atomic E-state index is 0.00759. The van der Waals surface area contributed by atoms with Crippen LogP contribution in [-0.2, 0) is 4.79 Å². The fourth-order valence-corrected chi connectivity index (χ4v) is 2.47. The van der Waals surface area contributed by atoms with E-state index in [1.54, 1.807) is 0 Å². The highest BCUT2D eigenvalue weighted by molar-refractivity contribution is 6.36. The zero-order valence-electron chi connectivity index (χ0n) is 13.7. The molecule has 2 aromatic carbocycles. The predicted molar refractivity (Wildman–Crippen MR) is 99.1 cm³/mol. The third-order valence-corrected chi connectivity index (χ3v) is 3.65. The molecule has 2 aromatic rings. The van der Waals surface area contributed by atoms with Gasteiger partial charge in [0.25, 0.3) is 11.6 Å². The van der Waals surface area contributed by atoms with Gasteiger partial charge in [-0.2, -0.15) is 5.10 Å². The van der Waals surface area contributed by atoms with Crippen molar-refractivity contribution >= 4 is 46.7 Å². The fourth-order valence-electron chi connectivity index (χ4n) is 1.93. The van der Waals surface area contributed by atoms with E-state index in [4.69, 9.17) is 27.9 Å². The fraction of sp³-hybridized carbons (Fsp3) is 0.0667. The van der Waals surface area contributed by atoms with E-state index < -0.39 is 28.0 Å². The Balaban J connectivity index is 2.03. The van der Waals surface area contributed by atoms with Crippen molar-refractivity contribution in [1.82, 2.24) is 5.43 Å². The number of non-ortho nitro benzene ring substituents is 1. The lowest BCUT2D eigenvalue weighted by Crippen LogP contribution is -2.24. The van der Waals surface area contributed by atoms with Crippen molar-refractivity contribution in [3.05, 3.63) is 66.2 Å². The number of nitrogens with one attached hydrogen (secondary N) is 1. The van der Waals surface area contributed by atoms with E-state index in [1.165, 1.54) is 6.07 Å². The molecule has 0 heterocycles. The molecule has 0 aliphatic carbocycles. The van der Waals surface area contributed by atoms with Gasteiger partial charge in [-0.3, -0.25) is 25.0 Å². The summed E-state index contributed by atoms with van der Waals surface area (Å²) >= 11 is 11.5. The first-order valence-electron chi connectivity index (χ1n) is 7.24. The van der Waals surface area contributed by atoms with Crippen LogP contribution in [0.5, 0.6) is 11.5 Å². The summed E-state index contributed by atoms with van der Waals surface area (Å²) in [4.78, 5) is 32.1. The average Bonchev–Trinajstić information content (AvgIpc) is 2.61. The van der Waals surface area contributed by atoms with Gasteiger partial charge in [0, 0.05) is 28.8 Å². The molecule has 0 aliphatic heterocycles. The number of aromatic hydroxyl groups is 1. The van der Waals surface area contributed by atoms with Gasteiger partial charge in [-0.15, -0.1) is 0 Å². The molecule has 2 rings (SSSR count). The maximum absolute atomic E-state index is 11.8.